The number of nitrogens with one attached hydrogen (secondary N) is 1. The lowest BCUT2D eigenvalue weighted by Crippen LogP contribution is -2.38. The molecular weight excluding hydrogens is 264 g/mol. The van der Waals surface area contributed by atoms with E-state index >= 15 is 0 Å². The van der Waals surface area contributed by atoms with Crippen LogP contribution in [0.25, 0.3) is 0 Å². The molecule has 0 saturated heterocycles. The highest BCUT2D eigenvalue weighted by Crippen LogP contribution is 2.30. The van der Waals surface area contributed by atoms with E-state index in [0.717, 1.165) is 37.4 Å². The smallest absolute Gasteiger partial charge is 0.161 e. The Morgan fingerprint density at radius 3 is 2.90 bits per heavy atom. The third-order valence-corrected chi connectivity index (χ3v) is 3.48. The number of rotatable bonds is 6. The van der Waals surface area contributed by atoms with E-state index in [1.54, 1.807) is 6.20 Å². The average molecular weight is 284 g/mol. The van der Waals surface area contributed by atoms with Crippen LogP contribution in [-0.2, 0) is 6.42 Å². The van der Waals surface area contributed by atoms with E-state index in [9.17, 15) is 0 Å². The molecule has 4 heteroatoms. The minimum atomic E-state index is 0.0818. The molecule has 0 fully saturated rings. The fourth-order valence-corrected chi connectivity index (χ4v) is 2.39. The van der Waals surface area contributed by atoms with Gasteiger partial charge in [-0.1, -0.05) is 18.2 Å². The van der Waals surface area contributed by atoms with Gasteiger partial charge in [0.1, 0.15) is 12.7 Å². The molecule has 21 heavy (non-hydrogen) atoms. The number of fused-ring (bicyclic) bond motifs is 1. The molecule has 2 heterocycles. The Hall–Kier alpha value is -2.07. The second kappa shape index (κ2) is 7.09. The summed E-state index contributed by atoms with van der Waals surface area (Å²) in [5.74, 6) is 1.68. The number of aromatic nitrogens is 1. The van der Waals surface area contributed by atoms with Crippen molar-refractivity contribution in [2.75, 3.05) is 19.7 Å². The highest BCUT2D eigenvalue weighted by atomic mass is 16.6. The van der Waals surface area contributed by atoms with Crippen molar-refractivity contribution in [1.82, 2.24) is 10.3 Å². The van der Waals surface area contributed by atoms with Gasteiger partial charge in [0.15, 0.2) is 11.5 Å². The zero-order valence-corrected chi connectivity index (χ0v) is 12.0. The molecule has 3 rings (SSSR count). The first-order valence-corrected chi connectivity index (χ1v) is 7.40. The molecule has 1 unspecified atom stereocenters. The Kier molecular flexibility index (Phi) is 4.69. The van der Waals surface area contributed by atoms with Crippen LogP contribution < -0.4 is 14.8 Å². The van der Waals surface area contributed by atoms with Crippen LogP contribution >= 0.6 is 0 Å². The summed E-state index contributed by atoms with van der Waals surface area (Å²) >= 11 is 0. The minimum Gasteiger partial charge on any atom is -0.486 e. The Bertz CT molecular complexity index is 560. The summed E-state index contributed by atoms with van der Waals surface area (Å²) in [7, 11) is 0. The predicted molar refractivity (Wildman–Crippen MR) is 81.8 cm³/mol. The predicted octanol–water partition coefficient (Wildman–Crippen LogP) is 2.44. The topological polar surface area (TPSA) is 43.4 Å². The Morgan fingerprint density at radius 1 is 1.14 bits per heavy atom. The molecule has 0 radical (unpaired) electrons. The van der Waals surface area contributed by atoms with Crippen LogP contribution in [0, 0.1) is 0 Å². The number of para-hydroxylation sites is 2. The fraction of sp³-hybridized carbons (Fsp3) is 0.353. The van der Waals surface area contributed by atoms with E-state index in [1.807, 2.05) is 36.5 Å². The molecule has 0 aliphatic carbocycles. The number of hydrogen-bond acceptors (Lipinski definition) is 4. The summed E-state index contributed by atoms with van der Waals surface area (Å²) in [6.45, 7) is 2.38. The van der Waals surface area contributed by atoms with E-state index in [2.05, 4.69) is 16.4 Å². The van der Waals surface area contributed by atoms with Gasteiger partial charge in [0.25, 0.3) is 0 Å². The fourth-order valence-electron chi connectivity index (χ4n) is 2.39. The van der Waals surface area contributed by atoms with Crippen LogP contribution in [0.5, 0.6) is 11.5 Å². The number of nitrogens with zero attached hydrogens (tertiary/aromatic N) is 1. The number of benzene rings is 1. The molecule has 0 amide bonds. The maximum atomic E-state index is 5.90. The maximum Gasteiger partial charge on any atom is 0.161 e. The van der Waals surface area contributed by atoms with Crippen molar-refractivity contribution in [3.8, 4) is 11.5 Å². The molecule has 1 aromatic carbocycles. The summed E-state index contributed by atoms with van der Waals surface area (Å²) in [4.78, 5) is 4.12. The molecule has 110 valence electrons. The third-order valence-electron chi connectivity index (χ3n) is 3.48. The van der Waals surface area contributed by atoms with E-state index < -0.39 is 0 Å². The van der Waals surface area contributed by atoms with Crippen LogP contribution in [0.1, 0.15) is 12.0 Å². The summed E-state index contributed by atoms with van der Waals surface area (Å²) < 4.78 is 11.6. The first-order chi connectivity index (χ1) is 10.4. The lowest BCUT2D eigenvalue weighted by Gasteiger charge is -2.26. The molecule has 1 aliphatic rings. The lowest BCUT2D eigenvalue weighted by atomic mass is 10.1. The number of hydrogen-bond donors (Lipinski definition) is 1. The molecule has 1 N–H and O–H groups in total. The van der Waals surface area contributed by atoms with Crippen molar-refractivity contribution in [3.05, 3.63) is 54.4 Å². The van der Waals surface area contributed by atoms with Crippen LogP contribution in [0.2, 0.25) is 0 Å². The van der Waals surface area contributed by atoms with Gasteiger partial charge in [0.05, 0.1) is 0 Å². The van der Waals surface area contributed by atoms with Gasteiger partial charge in [0, 0.05) is 18.9 Å². The van der Waals surface area contributed by atoms with Crippen molar-refractivity contribution in [3.63, 3.8) is 0 Å². The standard InChI is InChI=1S/C17H20N2O2/c1-2-8-17-16(7-1)20-13-15(21-17)12-19-10-4-6-14-5-3-9-18-11-14/h1-3,5,7-9,11,15,19H,4,6,10,12-13H2. The van der Waals surface area contributed by atoms with Crippen molar-refractivity contribution >= 4 is 0 Å². The average Bonchev–Trinajstić information content (AvgIpc) is 2.55. The van der Waals surface area contributed by atoms with Crippen LogP contribution in [0.4, 0.5) is 0 Å². The number of aryl methyl sites for hydroxylation is 1. The first-order valence-electron chi connectivity index (χ1n) is 7.40. The molecule has 0 bridgehead atoms. The molecule has 1 atom stereocenters. The monoisotopic (exact) mass is 284 g/mol. The molecule has 1 aliphatic heterocycles. The zero-order valence-electron chi connectivity index (χ0n) is 12.0. The second-order valence-electron chi connectivity index (χ2n) is 5.17. The molecule has 0 spiro atoms. The van der Waals surface area contributed by atoms with Crippen molar-refractivity contribution in [2.45, 2.75) is 18.9 Å². The SMILES string of the molecule is c1cncc(CCCNCC2COc3ccccc3O2)c1. The first kappa shape index (κ1) is 13.9. The van der Waals surface area contributed by atoms with Crippen molar-refractivity contribution in [2.24, 2.45) is 0 Å². The van der Waals surface area contributed by atoms with Gasteiger partial charge < -0.3 is 14.8 Å². The lowest BCUT2D eigenvalue weighted by molar-refractivity contribution is 0.0905. The van der Waals surface area contributed by atoms with Crippen molar-refractivity contribution < 1.29 is 9.47 Å². The van der Waals surface area contributed by atoms with Gasteiger partial charge in [-0.25, -0.2) is 0 Å². The van der Waals surface area contributed by atoms with Crippen molar-refractivity contribution in [1.29, 1.82) is 0 Å². The van der Waals surface area contributed by atoms with Gasteiger partial charge in [-0.2, -0.15) is 0 Å². The number of ether oxygens (including phenoxy) is 2. The third kappa shape index (κ3) is 3.95. The number of pyridine rings is 1. The summed E-state index contributed by atoms with van der Waals surface area (Å²) in [6, 6.07) is 11.9. The Labute approximate surface area is 125 Å². The van der Waals surface area contributed by atoms with Gasteiger partial charge >= 0.3 is 0 Å². The molecular formula is C17H20N2O2. The van der Waals surface area contributed by atoms with Crippen LogP contribution in [0.15, 0.2) is 48.8 Å². The Morgan fingerprint density at radius 2 is 2.05 bits per heavy atom. The van der Waals surface area contributed by atoms with Crippen LogP contribution in [-0.4, -0.2) is 30.8 Å². The quantitative estimate of drug-likeness (QED) is 0.828. The second-order valence-corrected chi connectivity index (χ2v) is 5.17. The van der Waals surface area contributed by atoms with E-state index in [0.29, 0.717) is 6.61 Å². The Balaban J connectivity index is 1.35. The summed E-state index contributed by atoms with van der Waals surface area (Å²) in [5, 5.41) is 3.43. The summed E-state index contributed by atoms with van der Waals surface area (Å²) in [5.41, 5.74) is 1.28. The zero-order chi connectivity index (χ0) is 14.3. The van der Waals surface area contributed by atoms with Gasteiger partial charge in [0.2, 0.25) is 0 Å². The maximum absolute atomic E-state index is 5.90. The summed E-state index contributed by atoms with van der Waals surface area (Å²) in [6.07, 6.45) is 5.95. The van der Waals surface area contributed by atoms with E-state index in [4.69, 9.17) is 9.47 Å². The highest BCUT2D eigenvalue weighted by Gasteiger charge is 2.19. The molecule has 0 saturated carbocycles. The van der Waals surface area contributed by atoms with E-state index in [-0.39, 0.29) is 6.10 Å². The molecule has 4 nitrogen and oxygen atoms in total. The molecule has 1 aromatic heterocycles. The van der Waals surface area contributed by atoms with E-state index in [1.165, 1.54) is 5.56 Å². The van der Waals surface area contributed by atoms with Crippen LogP contribution in [0.3, 0.4) is 0 Å². The molecule has 2 aromatic rings. The largest absolute Gasteiger partial charge is 0.486 e. The normalized spacial score (nSPS) is 16.7. The highest BCUT2D eigenvalue weighted by molar-refractivity contribution is 5.40. The van der Waals surface area contributed by atoms with Gasteiger partial charge in [-0.15, -0.1) is 0 Å². The minimum absolute atomic E-state index is 0.0818. The van der Waals surface area contributed by atoms with Gasteiger partial charge in [-0.05, 0) is 43.1 Å². The van der Waals surface area contributed by atoms with Gasteiger partial charge in [-0.3, -0.25) is 4.98 Å².